The molecule has 0 aliphatic heterocycles. The molecule has 64 valence electrons. The minimum Gasteiger partial charge on any atom is -0.381 e. The fraction of sp³-hybridized carbons (Fsp3) is 0.200. The van der Waals surface area contributed by atoms with E-state index in [0.29, 0.717) is 0 Å². The van der Waals surface area contributed by atoms with Gasteiger partial charge in [0, 0.05) is 0 Å². The van der Waals surface area contributed by atoms with Crippen LogP contribution in [0.4, 0.5) is 0 Å². The Balaban J connectivity index is 2.73. The summed E-state index contributed by atoms with van der Waals surface area (Å²) in [5, 5.41) is 11.6. The summed E-state index contributed by atoms with van der Waals surface area (Å²) in [6, 6.07) is 9.92. The third kappa shape index (κ3) is 2.19. The molecule has 1 unspecified atom stereocenters. The second-order valence-corrected chi connectivity index (χ2v) is 2.49. The Morgan fingerprint density at radius 2 is 2.08 bits per heavy atom. The van der Waals surface area contributed by atoms with Gasteiger partial charge in [-0.05, 0) is 5.56 Å². The lowest BCUT2D eigenvalue weighted by atomic mass is 10.1. The van der Waals surface area contributed by atoms with Gasteiger partial charge in [0.05, 0.1) is 12.8 Å². The Bertz CT molecular complexity index is 233. The maximum Gasteiger partial charge on any atom is 0.0938 e. The predicted octanol–water partition coefficient (Wildman–Crippen LogP) is 1.45. The number of nitrogens with one attached hydrogen (secondary N) is 1. The largest absolute Gasteiger partial charge is 0.381 e. The van der Waals surface area contributed by atoms with Gasteiger partial charge >= 0.3 is 0 Å². The molecule has 0 radical (unpaired) electrons. The van der Waals surface area contributed by atoms with Crippen LogP contribution in [-0.2, 0) is 0 Å². The highest BCUT2D eigenvalue weighted by atomic mass is 16.3. The van der Waals surface area contributed by atoms with Crippen molar-refractivity contribution in [3.8, 4) is 0 Å². The first-order chi connectivity index (χ1) is 5.88. The van der Waals surface area contributed by atoms with Crippen molar-refractivity contribution >= 4 is 0 Å². The molecule has 0 spiro atoms. The van der Waals surface area contributed by atoms with Gasteiger partial charge in [0.1, 0.15) is 0 Å². The molecule has 0 saturated carbocycles. The van der Waals surface area contributed by atoms with Gasteiger partial charge in [-0.3, -0.25) is 5.32 Å². The van der Waals surface area contributed by atoms with Gasteiger partial charge in [0.15, 0.2) is 0 Å². The zero-order chi connectivity index (χ0) is 8.81. The van der Waals surface area contributed by atoms with Crippen LogP contribution in [0.1, 0.15) is 11.6 Å². The molecule has 0 saturated heterocycles. The number of benzene rings is 1. The number of hydrogen-bond acceptors (Lipinski definition) is 2. The highest BCUT2D eigenvalue weighted by Gasteiger charge is 2.03. The highest BCUT2D eigenvalue weighted by Crippen LogP contribution is 2.11. The molecule has 2 nitrogen and oxygen atoms in total. The lowest BCUT2D eigenvalue weighted by Gasteiger charge is -2.12. The van der Waals surface area contributed by atoms with Gasteiger partial charge in [-0.25, -0.2) is 0 Å². The number of hydrogen-bond donors (Lipinski definition) is 2. The molecule has 0 heterocycles. The van der Waals surface area contributed by atoms with Crippen LogP contribution in [0.3, 0.4) is 0 Å². The van der Waals surface area contributed by atoms with Gasteiger partial charge < -0.3 is 5.11 Å². The van der Waals surface area contributed by atoms with Crippen molar-refractivity contribution in [2.24, 2.45) is 0 Å². The van der Waals surface area contributed by atoms with Crippen molar-refractivity contribution in [3.05, 3.63) is 48.6 Å². The monoisotopic (exact) mass is 163 g/mol. The van der Waals surface area contributed by atoms with Crippen molar-refractivity contribution in [1.29, 1.82) is 0 Å². The van der Waals surface area contributed by atoms with Gasteiger partial charge in [-0.15, -0.1) is 6.58 Å². The van der Waals surface area contributed by atoms with Gasteiger partial charge in [0.2, 0.25) is 0 Å². The maximum absolute atomic E-state index is 8.67. The summed E-state index contributed by atoms with van der Waals surface area (Å²) in [5.74, 6) is 0. The first kappa shape index (κ1) is 8.97. The number of rotatable bonds is 4. The quantitative estimate of drug-likeness (QED) is 0.520. The average Bonchev–Trinajstić information content (AvgIpc) is 2.15. The summed E-state index contributed by atoms with van der Waals surface area (Å²) < 4.78 is 0. The third-order valence-electron chi connectivity index (χ3n) is 1.71. The zero-order valence-electron chi connectivity index (χ0n) is 6.90. The van der Waals surface area contributed by atoms with Crippen molar-refractivity contribution < 1.29 is 5.11 Å². The summed E-state index contributed by atoms with van der Waals surface area (Å²) in [6.45, 7) is 3.65. The Kier molecular flexibility index (Phi) is 3.51. The minimum atomic E-state index is -0.0361. The Morgan fingerprint density at radius 3 is 2.58 bits per heavy atom. The molecule has 1 atom stereocenters. The highest BCUT2D eigenvalue weighted by molar-refractivity contribution is 5.21. The summed E-state index contributed by atoms with van der Waals surface area (Å²) >= 11 is 0. The summed E-state index contributed by atoms with van der Waals surface area (Å²) in [5.41, 5.74) is 1.11. The molecule has 1 rings (SSSR count). The fourth-order valence-corrected chi connectivity index (χ4v) is 1.10. The van der Waals surface area contributed by atoms with Crippen molar-refractivity contribution in [2.45, 2.75) is 6.04 Å². The van der Waals surface area contributed by atoms with Crippen LogP contribution in [0.25, 0.3) is 0 Å². The third-order valence-corrected chi connectivity index (χ3v) is 1.71. The van der Waals surface area contributed by atoms with Crippen molar-refractivity contribution in [3.63, 3.8) is 0 Å². The number of aliphatic hydroxyl groups is 1. The van der Waals surface area contributed by atoms with E-state index < -0.39 is 0 Å². The van der Waals surface area contributed by atoms with Crippen LogP contribution in [-0.4, -0.2) is 11.8 Å². The minimum absolute atomic E-state index is 0.0361. The lowest BCUT2D eigenvalue weighted by Crippen LogP contribution is -2.19. The van der Waals surface area contributed by atoms with E-state index in [1.807, 2.05) is 30.3 Å². The van der Waals surface area contributed by atoms with Crippen LogP contribution >= 0.6 is 0 Å². The molecule has 0 fully saturated rings. The first-order valence-corrected chi connectivity index (χ1v) is 3.90. The standard InChI is InChI=1S/C10H13NO/c1-2-10(11-8-12)9-6-4-3-5-7-9/h2-7,10-12H,1,8H2. The van der Waals surface area contributed by atoms with Crippen LogP contribution in [0.2, 0.25) is 0 Å². The Labute approximate surface area is 72.5 Å². The summed E-state index contributed by atoms with van der Waals surface area (Å²) in [7, 11) is 0. The van der Waals surface area contributed by atoms with Crippen LogP contribution < -0.4 is 5.32 Å². The van der Waals surface area contributed by atoms with Crippen LogP contribution in [0, 0.1) is 0 Å². The van der Waals surface area contributed by atoms with E-state index in [-0.39, 0.29) is 12.8 Å². The van der Waals surface area contributed by atoms with Crippen molar-refractivity contribution in [1.82, 2.24) is 5.32 Å². The molecule has 2 N–H and O–H groups in total. The maximum atomic E-state index is 8.67. The van der Waals surface area contributed by atoms with Gasteiger partial charge in [-0.1, -0.05) is 36.4 Å². The van der Waals surface area contributed by atoms with Gasteiger partial charge in [-0.2, -0.15) is 0 Å². The smallest absolute Gasteiger partial charge is 0.0938 e. The molecular weight excluding hydrogens is 150 g/mol. The fourth-order valence-electron chi connectivity index (χ4n) is 1.10. The van der Waals surface area contributed by atoms with E-state index in [2.05, 4.69) is 11.9 Å². The molecule has 0 aliphatic rings. The molecule has 0 amide bonds. The second-order valence-electron chi connectivity index (χ2n) is 2.49. The molecule has 1 aromatic rings. The topological polar surface area (TPSA) is 32.3 Å². The van der Waals surface area contributed by atoms with E-state index in [9.17, 15) is 0 Å². The Morgan fingerprint density at radius 1 is 1.42 bits per heavy atom. The molecule has 0 aliphatic carbocycles. The predicted molar refractivity (Wildman–Crippen MR) is 49.6 cm³/mol. The normalized spacial score (nSPS) is 12.4. The van der Waals surface area contributed by atoms with E-state index in [1.165, 1.54) is 0 Å². The molecular formula is C10H13NO. The van der Waals surface area contributed by atoms with Crippen LogP contribution in [0.5, 0.6) is 0 Å². The second kappa shape index (κ2) is 4.70. The number of aliphatic hydroxyl groups excluding tert-OH is 1. The molecule has 0 aromatic heterocycles. The lowest BCUT2D eigenvalue weighted by molar-refractivity contribution is 0.251. The SMILES string of the molecule is C=CC(NCO)c1ccccc1. The zero-order valence-corrected chi connectivity index (χ0v) is 6.90. The van der Waals surface area contributed by atoms with Crippen molar-refractivity contribution in [2.75, 3.05) is 6.73 Å². The Hall–Kier alpha value is -1.12. The van der Waals surface area contributed by atoms with Crippen LogP contribution in [0.15, 0.2) is 43.0 Å². The van der Waals surface area contributed by atoms with E-state index in [4.69, 9.17) is 5.11 Å². The first-order valence-electron chi connectivity index (χ1n) is 3.90. The molecule has 0 bridgehead atoms. The molecule has 2 heteroatoms. The van der Waals surface area contributed by atoms with E-state index in [0.717, 1.165) is 5.56 Å². The van der Waals surface area contributed by atoms with E-state index in [1.54, 1.807) is 6.08 Å². The summed E-state index contributed by atoms with van der Waals surface area (Å²) in [4.78, 5) is 0. The molecule has 12 heavy (non-hydrogen) atoms. The average molecular weight is 163 g/mol. The van der Waals surface area contributed by atoms with Gasteiger partial charge in [0.25, 0.3) is 0 Å². The summed E-state index contributed by atoms with van der Waals surface area (Å²) in [6.07, 6.45) is 1.77. The molecule has 1 aromatic carbocycles. The van der Waals surface area contributed by atoms with E-state index >= 15 is 0 Å².